The molecule has 2 aromatic rings. The molecule has 0 N–H and O–H groups in total. The number of halogens is 4. The molecule has 1 unspecified atom stereocenters. The Morgan fingerprint density at radius 2 is 1.77 bits per heavy atom. The molecule has 2 nitrogen and oxygen atoms in total. The zero-order valence-electron chi connectivity index (χ0n) is 11.3. The molecule has 0 saturated heterocycles. The fraction of sp³-hybridized carbons (Fsp3) is 0.188. The van der Waals surface area contributed by atoms with Gasteiger partial charge in [0.1, 0.15) is 5.75 Å². The van der Waals surface area contributed by atoms with Crippen molar-refractivity contribution in [3.8, 4) is 5.75 Å². The van der Waals surface area contributed by atoms with E-state index in [1.807, 2.05) is 0 Å². The maximum atomic E-state index is 12.7. The van der Waals surface area contributed by atoms with Crippen molar-refractivity contribution in [2.45, 2.75) is 12.3 Å². The highest BCUT2D eigenvalue weighted by atomic mass is 35.5. The molecule has 0 aromatic heterocycles. The van der Waals surface area contributed by atoms with E-state index in [9.17, 15) is 18.0 Å². The number of hydrogen-bond acceptors (Lipinski definition) is 2. The molecule has 22 heavy (non-hydrogen) atoms. The lowest BCUT2D eigenvalue weighted by Gasteiger charge is -2.17. The van der Waals surface area contributed by atoms with Crippen LogP contribution in [0.5, 0.6) is 5.75 Å². The Morgan fingerprint density at radius 1 is 1.09 bits per heavy atom. The van der Waals surface area contributed by atoms with Crippen molar-refractivity contribution in [3.63, 3.8) is 0 Å². The molecule has 1 atom stereocenters. The quantitative estimate of drug-likeness (QED) is 0.593. The lowest BCUT2D eigenvalue weighted by molar-refractivity contribution is -0.137. The van der Waals surface area contributed by atoms with Crippen molar-refractivity contribution < 1.29 is 22.7 Å². The van der Waals surface area contributed by atoms with Crippen LogP contribution in [0.4, 0.5) is 13.2 Å². The van der Waals surface area contributed by atoms with Crippen LogP contribution >= 0.6 is 11.6 Å². The molecule has 116 valence electrons. The van der Waals surface area contributed by atoms with Crippen LogP contribution in [0.25, 0.3) is 0 Å². The summed E-state index contributed by atoms with van der Waals surface area (Å²) in [4.78, 5) is 12.2. The first-order chi connectivity index (χ1) is 10.4. The summed E-state index contributed by atoms with van der Waals surface area (Å²) in [5.74, 6) is -0.595. The van der Waals surface area contributed by atoms with Gasteiger partial charge in [-0.15, -0.1) is 11.6 Å². The normalized spacial score (nSPS) is 12.7. The summed E-state index contributed by atoms with van der Waals surface area (Å²) in [6.07, 6.45) is -5.52. The smallest absolute Gasteiger partial charge is 0.416 e. The molecule has 0 bridgehead atoms. The minimum Gasteiger partial charge on any atom is -0.481 e. The minimum absolute atomic E-state index is 0.0512. The number of Topliss-reactive ketones (excluding diaryl/α,β-unsaturated/α-hetero) is 1. The predicted octanol–water partition coefficient (Wildman–Crippen LogP) is 4.57. The molecule has 0 aliphatic heterocycles. The van der Waals surface area contributed by atoms with Gasteiger partial charge in [0.25, 0.3) is 0 Å². The van der Waals surface area contributed by atoms with Crippen LogP contribution in [0.2, 0.25) is 0 Å². The van der Waals surface area contributed by atoms with Crippen molar-refractivity contribution >= 4 is 17.4 Å². The standard InChI is InChI=1S/C16H12ClF3O2/c17-10-14(15(21)11-5-2-1-3-6-11)22-13-8-4-7-12(9-13)16(18,19)20/h1-9,14H,10H2. The summed E-state index contributed by atoms with van der Waals surface area (Å²) in [6, 6.07) is 12.7. The molecule has 0 amide bonds. The van der Waals surface area contributed by atoms with Crippen molar-refractivity contribution in [1.29, 1.82) is 0 Å². The van der Waals surface area contributed by atoms with Gasteiger partial charge in [-0.05, 0) is 18.2 Å². The van der Waals surface area contributed by atoms with Crippen LogP contribution in [0.3, 0.4) is 0 Å². The Morgan fingerprint density at radius 3 is 2.36 bits per heavy atom. The van der Waals surface area contributed by atoms with Gasteiger partial charge in [-0.1, -0.05) is 36.4 Å². The Bertz CT molecular complexity index is 641. The second-order valence-electron chi connectivity index (χ2n) is 4.52. The highest BCUT2D eigenvalue weighted by Crippen LogP contribution is 2.31. The second-order valence-corrected chi connectivity index (χ2v) is 4.83. The van der Waals surface area contributed by atoms with Crippen LogP contribution in [0.15, 0.2) is 54.6 Å². The number of hydrogen-bond donors (Lipinski definition) is 0. The average molecular weight is 329 g/mol. The minimum atomic E-state index is -4.47. The van der Waals surface area contributed by atoms with Crippen molar-refractivity contribution in [2.24, 2.45) is 0 Å². The first kappa shape index (κ1) is 16.4. The molecule has 0 heterocycles. The number of benzene rings is 2. The van der Waals surface area contributed by atoms with Gasteiger partial charge in [0, 0.05) is 5.56 Å². The fourth-order valence-corrected chi connectivity index (χ4v) is 2.06. The van der Waals surface area contributed by atoms with Crippen LogP contribution in [0, 0.1) is 0 Å². The van der Waals surface area contributed by atoms with Gasteiger partial charge in [0.2, 0.25) is 5.78 Å². The molecule has 0 saturated carbocycles. The van der Waals surface area contributed by atoms with Gasteiger partial charge >= 0.3 is 6.18 Å². The number of rotatable bonds is 5. The van der Waals surface area contributed by atoms with E-state index in [-0.39, 0.29) is 17.4 Å². The van der Waals surface area contributed by atoms with Crippen LogP contribution < -0.4 is 4.74 Å². The van der Waals surface area contributed by atoms with E-state index in [2.05, 4.69) is 0 Å². The molecule has 0 radical (unpaired) electrons. The zero-order valence-corrected chi connectivity index (χ0v) is 12.1. The summed E-state index contributed by atoms with van der Waals surface area (Å²) in [5.41, 5.74) is -0.453. The van der Waals surface area contributed by atoms with Gasteiger partial charge < -0.3 is 4.74 Å². The van der Waals surface area contributed by atoms with Crippen LogP contribution in [-0.4, -0.2) is 17.8 Å². The maximum absolute atomic E-state index is 12.7. The zero-order chi connectivity index (χ0) is 16.2. The number of carbonyl (C=O) groups is 1. The van der Waals surface area contributed by atoms with E-state index in [0.29, 0.717) is 5.56 Å². The fourth-order valence-electron chi connectivity index (χ4n) is 1.85. The first-order valence-electron chi connectivity index (χ1n) is 6.41. The van der Waals surface area contributed by atoms with Gasteiger partial charge in [0.05, 0.1) is 11.4 Å². The summed E-state index contributed by atoms with van der Waals surface area (Å²) < 4.78 is 43.3. The molecule has 2 aromatic carbocycles. The molecule has 6 heteroatoms. The first-order valence-corrected chi connectivity index (χ1v) is 6.94. The largest absolute Gasteiger partial charge is 0.481 e. The van der Waals surface area contributed by atoms with E-state index in [1.165, 1.54) is 12.1 Å². The van der Waals surface area contributed by atoms with Gasteiger partial charge in [-0.2, -0.15) is 13.2 Å². The Balaban J connectivity index is 2.19. The van der Waals surface area contributed by atoms with Gasteiger partial charge in [0.15, 0.2) is 6.10 Å². The van der Waals surface area contributed by atoms with Gasteiger partial charge in [-0.3, -0.25) is 4.79 Å². The lowest BCUT2D eigenvalue weighted by atomic mass is 10.1. The topological polar surface area (TPSA) is 26.3 Å². The summed E-state index contributed by atoms with van der Waals surface area (Å²) in [6.45, 7) is 0. The predicted molar refractivity (Wildman–Crippen MR) is 77.4 cm³/mol. The lowest BCUT2D eigenvalue weighted by Crippen LogP contribution is -2.29. The Kier molecular flexibility index (Phi) is 5.08. The molecule has 0 aliphatic carbocycles. The Hall–Kier alpha value is -2.01. The third-order valence-corrected chi connectivity index (χ3v) is 3.21. The molecular formula is C16H12ClF3O2. The van der Waals surface area contributed by atoms with E-state index in [1.54, 1.807) is 30.3 Å². The van der Waals surface area contributed by atoms with Crippen molar-refractivity contribution in [3.05, 3.63) is 65.7 Å². The van der Waals surface area contributed by atoms with Crippen LogP contribution in [0.1, 0.15) is 15.9 Å². The van der Waals surface area contributed by atoms with E-state index < -0.39 is 17.8 Å². The molecule has 0 fully saturated rings. The Labute approximate surface area is 130 Å². The number of carbonyl (C=O) groups excluding carboxylic acids is 1. The number of alkyl halides is 4. The van der Waals surface area contributed by atoms with Crippen molar-refractivity contribution in [1.82, 2.24) is 0 Å². The molecule has 0 spiro atoms. The average Bonchev–Trinajstić information content (AvgIpc) is 2.52. The van der Waals surface area contributed by atoms with E-state index in [0.717, 1.165) is 12.1 Å². The summed E-state index contributed by atoms with van der Waals surface area (Å²) in [7, 11) is 0. The number of ketones is 1. The highest BCUT2D eigenvalue weighted by Gasteiger charge is 2.31. The second kappa shape index (κ2) is 6.83. The van der Waals surface area contributed by atoms with E-state index >= 15 is 0 Å². The molecular weight excluding hydrogens is 317 g/mol. The number of ether oxygens (including phenoxy) is 1. The van der Waals surface area contributed by atoms with Gasteiger partial charge in [-0.25, -0.2) is 0 Å². The molecule has 2 rings (SSSR count). The SMILES string of the molecule is O=C(c1ccccc1)C(CCl)Oc1cccc(C(F)(F)F)c1. The maximum Gasteiger partial charge on any atom is 0.416 e. The van der Waals surface area contributed by atoms with Crippen molar-refractivity contribution in [2.75, 3.05) is 5.88 Å². The molecule has 0 aliphatic rings. The summed E-state index contributed by atoms with van der Waals surface area (Å²) in [5, 5.41) is 0. The monoisotopic (exact) mass is 328 g/mol. The highest BCUT2D eigenvalue weighted by molar-refractivity contribution is 6.20. The third-order valence-electron chi connectivity index (χ3n) is 2.93. The third kappa shape index (κ3) is 4.01. The van der Waals surface area contributed by atoms with Crippen LogP contribution in [-0.2, 0) is 6.18 Å². The van der Waals surface area contributed by atoms with E-state index in [4.69, 9.17) is 16.3 Å². The summed E-state index contributed by atoms with van der Waals surface area (Å²) >= 11 is 5.72.